The summed E-state index contributed by atoms with van der Waals surface area (Å²) in [6.07, 6.45) is 4.39. The van der Waals surface area contributed by atoms with Gasteiger partial charge in [0.2, 0.25) is 0 Å². The lowest BCUT2D eigenvalue weighted by Crippen LogP contribution is -2.49. The SMILES string of the molecule is CCN(N)/N=C(N)/C=C/c1ccc(C2(C)c3ccc(O)cc3CCN2c2ccc(F)cc2)cc1. The van der Waals surface area contributed by atoms with Gasteiger partial charge in [-0.25, -0.2) is 15.4 Å². The maximum atomic E-state index is 13.6. The molecule has 5 N–H and O–H groups in total. The van der Waals surface area contributed by atoms with Crippen LogP contribution in [0.2, 0.25) is 0 Å². The molecular weight excluding hydrogens is 429 g/mol. The summed E-state index contributed by atoms with van der Waals surface area (Å²) in [5.74, 6) is 5.99. The van der Waals surface area contributed by atoms with Crippen LogP contribution < -0.4 is 16.5 Å². The molecule has 1 unspecified atom stereocenters. The first-order chi connectivity index (χ1) is 16.3. The molecule has 1 aliphatic rings. The highest BCUT2D eigenvalue weighted by Gasteiger charge is 2.40. The zero-order valence-electron chi connectivity index (χ0n) is 19.4. The van der Waals surface area contributed by atoms with Crippen LogP contribution in [-0.2, 0) is 12.0 Å². The van der Waals surface area contributed by atoms with E-state index >= 15 is 0 Å². The molecule has 7 heteroatoms. The molecule has 4 rings (SSSR count). The maximum Gasteiger partial charge on any atom is 0.145 e. The number of fused-ring (bicyclic) bond motifs is 1. The van der Waals surface area contributed by atoms with Crippen LogP contribution in [0.25, 0.3) is 6.08 Å². The molecule has 0 fully saturated rings. The van der Waals surface area contributed by atoms with Gasteiger partial charge in [0.15, 0.2) is 0 Å². The molecule has 1 aliphatic heterocycles. The van der Waals surface area contributed by atoms with Gasteiger partial charge in [-0.3, -0.25) is 0 Å². The molecule has 176 valence electrons. The normalized spacial score (nSPS) is 18.2. The largest absolute Gasteiger partial charge is 0.508 e. The van der Waals surface area contributed by atoms with Crippen LogP contribution in [0.4, 0.5) is 10.1 Å². The quantitative estimate of drug-likeness (QED) is 0.221. The fraction of sp³-hybridized carbons (Fsp3) is 0.222. The first kappa shape index (κ1) is 23.3. The number of rotatable bonds is 6. The van der Waals surface area contributed by atoms with Crippen LogP contribution >= 0.6 is 0 Å². The van der Waals surface area contributed by atoms with Crippen molar-refractivity contribution < 1.29 is 9.50 Å². The van der Waals surface area contributed by atoms with E-state index in [-0.39, 0.29) is 11.6 Å². The van der Waals surface area contributed by atoms with Gasteiger partial charge in [0, 0.05) is 12.2 Å². The highest BCUT2D eigenvalue weighted by Crippen LogP contribution is 2.44. The van der Waals surface area contributed by atoms with Gasteiger partial charge in [-0.2, -0.15) is 0 Å². The summed E-state index contributed by atoms with van der Waals surface area (Å²) in [6, 6.07) is 20.4. The zero-order valence-corrected chi connectivity index (χ0v) is 19.4. The maximum absolute atomic E-state index is 13.6. The van der Waals surface area contributed by atoms with Gasteiger partial charge >= 0.3 is 0 Å². The highest BCUT2D eigenvalue weighted by atomic mass is 19.1. The molecule has 6 nitrogen and oxygen atoms in total. The van der Waals surface area contributed by atoms with E-state index in [1.807, 2.05) is 49.4 Å². The molecule has 0 amide bonds. The van der Waals surface area contributed by atoms with Crippen LogP contribution in [0.1, 0.15) is 36.1 Å². The molecular formula is C27H30FN5O. The van der Waals surface area contributed by atoms with Gasteiger partial charge in [0.05, 0.1) is 12.1 Å². The summed E-state index contributed by atoms with van der Waals surface area (Å²) in [5.41, 5.74) is 10.6. The van der Waals surface area contributed by atoms with E-state index in [1.165, 1.54) is 17.3 Å². The smallest absolute Gasteiger partial charge is 0.145 e. The van der Waals surface area contributed by atoms with Gasteiger partial charge < -0.3 is 15.7 Å². The second kappa shape index (κ2) is 9.57. The van der Waals surface area contributed by atoms with E-state index in [0.717, 1.165) is 40.9 Å². The lowest BCUT2D eigenvalue weighted by Gasteiger charge is -2.48. The molecule has 1 atom stereocenters. The Labute approximate surface area is 199 Å². The predicted molar refractivity (Wildman–Crippen MR) is 136 cm³/mol. The van der Waals surface area contributed by atoms with E-state index < -0.39 is 5.54 Å². The number of hydrogen-bond donors (Lipinski definition) is 3. The number of hydrazone groups is 1. The van der Waals surface area contributed by atoms with E-state index in [9.17, 15) is 9.50 Å². The van der Waals surface area contributed by atoms with Crippen LogP contribution in [0.15, 0.2) is 77.9 Å². The number of hydrazine groups is 1. The third-order valence-corrected chi connectivity index (χ3v) is 6.38. The molecule has 0 saturated carbocycles. The number of hydrogen-bond acceptors (Lipinski definition) is 5. The predicted octanol–water partition coefficient (Wildman–Crippen LogP) is 4.34. The third-order valence-electron chi connectivity index (χ3n) is 6.38. The zero-order chi connectivity index (χ0) is 24.3. The number of phenolic OH excluding ortho intramolecular Hbond substituents is 1. The van der Waals surface area contributed by atoms with Crippen molar-refractivity contribution in [3.8, 4) is 5.75 Å². The molecule has 3 aromatic carbocycles. The minimum atomic E-state index is -0.511. The van der Waals surface area contributed by atoms with Crippen LogP contribution in [0.5, 0.6) is 5.75 Å². The standard InChI is InChI=1S/C27H30FN5O/c1-3-33(30)31-26(29)15-6-19-4-7-21(8-5-19)27(2)25-14-13-24(34)18-20(25)16-17-32(27)23-11-9-22(28)10-12-23/h4-15,18,34H,3,16-17,30H2,1-2H3,(H2,29,31)/b15-6+. The Kier molecular flexibility index (Phi) is 6.56. The Morgan fingerprint density at radius 1 is 1.15 bits per heavy atom. The second-order valence-electron chi connectivity index (χ2n) is 8.53. The molecule has 0 spiro atoms. The van der Waals surface area contributed by atoms with Crippen LogP contribution in [0, 0.1) is 5.82 Å². The van der Waals surface area contributed by atoms with Crippen molar-refractivity contribution in [3.05, 3.63) is 101 Å². The van der Waals surface area contributed by atoms with Crippen LogP contribution in [-0.4, -0.2) is 29.1 Å². The van der Waals surface area contributed by atoms with Crippen molar-refractivity contribution in [3.63, 3.8) is 0 Å². The summed E-state index contributed by atoms with van der Waals surface area (Å²) in [7, 11) is 0. The molecule has 0 saturated heterocycles. The number of nitrogens with zero attached hydrogens (tertiary/aromatic N) is 3. The first-order valence-corrected chi connectivity index (χ1v) is 11.3. The fourth-order valence-electron chi connectivity index (χ4n) is 4.54. The Morgan fingerprint density at radius 2 is 1.85 bits per heavy atom. The van der Waals surface area contributed by atoms with Gasteiger partial charge in [-0.05, 0) is 85.0 Å². The second-order valence-corrected chi connectivity index (χ2v) is 8.53. The number of amidine groups is 1. The van der Waals surface area contributed by atoms with Crippen molar-refractivity contribution >= 4 is 17.6 Å². The summed E-state index contributed by atoms with van der Waals surface area (Å²) >= 11 is 0. The van der Waals surface area contributed by atoms with Crippen LogP contribution in [0.3, 0.4) is 0 Å². The average Bonchev–Trinajstić information content (AvgIpc) is 2.84. The van der Waals surface area contributed by atoms with Crippen molar-refractivity contribution in [2.75, 3.05) is 18.0 Å². The lowest BCUT2D eigenvalue weighted by atomic mass is 9.76. The Bertz CT molecular complexity index is 1210. The van der Waals surface area contributed by atoms with Gasteiger partial charge in [0.1, 0.15) is 17.4 Å². The van der Waals surface area contributed by atoms with E-state index in [0.29, 0.717) is 12.4 Å². The summed E-state index contributed by atoms with van der Waals surface area (Å²) < 4.78 is 13.6. The summed E-state index contributed by atoms with van der Waals surface area (Å²) in [5, 5.41) is 15.4. The number of anilines is 1. The molecule has 34 heavy (non-hydrogen) atoms. The van der Waals surface area contributed by atoms with Crippen molar-refractivity contribution in [1.29, 1.82) is 0 Å². The van der Waals surface area contributed by atoms with E-state index in [1.54, 1.807) is 12.1 Å². The molecule has 0 aromatic heterocycles. The Hall–Kier alpha value is -3.84. The molecule has 1 heterocycles. The highest BCUT2D eigenvalue weighted by molar-refractivity contribution is 5.94. The van der Waals surface area contributed by atoms with E-state index in [2.05, 4.69) is 29.1 Å². The molecule has 0 aliphatic carbocycles. The Morgan fingerprint density at radius 3 is 2.53 bits per heavy atom. The third kappa shape index (κ3) is 4.61. The van der Waals surface area contributed by atoms with Crippen molar-refractivity contribution in [1.82, 2.24) is 5.12 Å². The molecule has 0 radical (unpaired) electrons. The minimum Gasteiger partial charge on any atom is -0.508 e. The minimum absolute atomic E-state index is 0.259. The summed E-state index contributed by atoms with van der Waals surface area (Å²) in [4.78, 5) is 2.29. The van der Waals surface area contributed by atoms with Gasteiger partial charge in [0.25, 0.3) is 0 Å². The monoisotopic (exact) mass is 459 g/mol. The van der Waals surface area contributed by atoms with Crippen molar-refractivity contribution in [2.24, 2.45) is 16.7 Å². The number of aromatic hydroxyl groups is 1. The topological polar surface area (TPSA) is 91.1 Å². The number of halogens is 1. The van der Waals surface area contributed by atoms with E-state index in [4.69, 9.17) is 11.6 Å². The summed E-state index contributed by atoms with van der Waals surface area (Å²) in [6.45, 7) is 5.35. The van der Waals surface area contributed by atoms with Crippen molar-refractivity contribution in [2.45, 2.75) is 25.8 Å². The number of phenols is 1. The Balaban J connectivity index is 1.73. The van der Waals surface area contributed by atoms with Gasteiger partial charge in [-0.1, -0.05) is 36.4 Å². The van der Waals surface area contributed by atoms with Gasteiger partial charge in [-0.15, -0.1) is 5.10 Å². The fourth-order valence-corrected chi connectivity index (χ4v) is 4.54. The molecule has 0 bridgehead atoms. The first-order valence-electron chi connectivity index (χ1n) is 11.3. The number of nitrogens with two attached hydrogens (primary N) is 2. The molecule has 3 aromatic rings. The lowest BCUT2D eigenvalue weighted by molar-refractivity contribution is 0.317. The number of benzene rings is 3. The average molecular weight is 460 g/mol.